The number of rotatable bonds is 3. The monoisotopic (exact) mass is 334 g/mol. The Morgan fingerprint density at radius 1 is 0.913 bits per heavy atom. The highest BCUT2D eigenvalue weighted by Gasteiger charge is 2.25. The summed E-state index contributed by atoms with van der Waals surface area (Å²) in [6, 6.07) is 2.42. The van der Waals surface area contributed by atoms with Crippen LogP contribution < -0.4 is 5.32 Å². The van der Waals surface area contributed by atoms with Crippen LogP contribution in [-0.4, -0.2) is 30.4 Å². The van der Waals surface area contributed by atoms with Crippen LogP contribution in [0.1, 0.15) is 54.4 Å². The number of likely N-dealkylation sites (tertiary alicyclic amines) is 1. The van der Waals surface area contributed by atoms with Gasteiger partial charge in [-0.3, -0.25) is 9.69 Å². The van der Waals surface area contributed by atoms with Crippen molar-refractivity contribution in [2.45, 2.75) is 57.8 Å². The smallest absolute Gasteiger partial charge is 0.238 e. The van der Waals surface area contributed by atoms with Gasteiger partial charge >= 0.3 is 0 Å². The zero-order valence-electron chi connectivity index (χ0n) is 13.8. The van der Waals surface area contributed by atoms with Crippen LogP contribution in [0.5, 0.6) is 0 Å². The average Bonchev–Trinajstić information content (AvgIpc) is 3.16. The molecule has 0 radical (unpaired) electrons. The number of nitrogens with one attached hydrogen (secondary N) is 1. The Morgan fingerprint density at radius 3 is 2.13 bits per heavy atom. The molecular formula is C19H27ClN2O. The van der Waals surface area contributed by atoms with Crippen molar-refractivity contribution in [3.63, 3.8) is 0 Å². The molecule has 0 bridgehead atoms. The van der Waals surface area contributed by atoms with E-state index >= 15 is 0 Å². The van der Waals surface area contributed by atoms with E-state index in [0.717, 1.165) is 25.9 Å². The fourth-order valence-electron chi connectivity index (χ4n) is 4.47. The minimum absolute atomic E-state index is 0. The number of anilines is 1. The molecule has 2 aliphatic carbocycles. The van der Waals surface area contributed by atoms with Crippen LogP contribution >= 0.6 is 12.4 Å². The number of carbonyl (C=O) groups excluding carboxylic acids is 1. The zero-order valence-corrected chi connectivity index (χ0v) is 14.6. The van der Waals surface area contributed by atoms with Gasteiger partial charge in [0.05, 0.1) is 6.54 Å². The van der Waals surface area contributed by atoms with Gasteiger partial charge in [-0.15, -0.1) is 12.4 Å². The molecule has 0 atom stereocenters. The lowest BCUT2D eigenvalue weighted by Gasteiger charge is -2.26. The van der Waals surface area contributed by atoms with Gasteiger partial charge in [-0.05, 0) is 86.7 Å². The third-order valence-corrected chi connectivity index (χ3v) is 5.55. The number of hydrogen-bond acceptors (Lipinski definition) is 2. The molecule has 1 fully saturated rings. The molecular weight excluding hydrogens is 308 g/mol. The molecule has 3 nitrogen and oxygen atoms in total. The summed E-state index contributed by atoms with van der Waals surface area (Å²) in [6.07, 6.45) is 10.9. The van der Waals surface area contributed by atoms with Crippen LogP contribution in [0.3, 0.4) is 0 Å². The lowest BCUT2D eigenvalue weighted by atomic mass is 9.98. The molecule has 1 aliphatic heterocycles. The molecule has 0 aromatic heterocycles. The fourth-order valence-corrected chi connectivity index (χ4v) is 4.47. The highest BCUT2D eigenvalue weighted by atomic mass is 35.5. The van der Waals surface area contributed by atoms with Crippen LogP contribution in [0.2, 0.25) is 0 Å². The lowest BCUT2D eigenvalue weighted by Crippen LogP contribution is -2.37. The first-order valence-corrected chi connectivity index (χ1v) is 9.00. The van der Waals surface area contributed by atoms with Crippen molar-refractivity contribution in [3.05, 3.63) is 28.3 Å². The van der Waals surface area contributed by atoms with Crippen LogP contribution in [-0.2, 0) is 30.5 Å². The number of piperidine rings is 1. The minimum atomic E-state index is 0. The Labute approximate surface area is 145 Å². The molecule has 1 heterocycles. The number of carbonyl (C=O) groups is 1. The van der Waals surface area contributed by atoms with Crippen molar-refractivity contribution < 1.29 is 4.79 Å². The van der Waals surface area contributed by atoms with E-state index in [-0.39, 0.29) is 18.3 Å². The van der Waals surface area contributed by atoms with Gasteiger partial charge in [0.25, 0.3) is 0 Å². The van der Waals surface area contributed by atoms with E-state index < -0.39 is 0 Å². The summed E-state index contributed by atoms with van der Waals surface area (Å²) in [5, 5.41) is 3.31. The van der Waals surface area contributed by atoms with E-state index in [0.29, 0.717) is 6.54 Å². The molecule has 0 unspecified atom stereocenters. The van der Waals surface area contributed by atoms with Gasteiger partial charge in [0.15, 0.2) is 0 Å². The first kappa shape index (κ1) is 16.8. The standard InChI is InChI=1S/C19H26N2O.ClH/c22-18(13-21-10-2-1-3-11-21)20-19-16-8-4-6-14(16)12-15-7-5-9-17(15)19;/h12H,1-11,13H2,(H,20,22);1H. The normalized spacial score (nSPS) is 19.8. The highest BCUT2D eigenvalue weighted by molar-refractivity contribution is 5.94. The number of hydrogen-bond donors (Lipinski definition) is 1. The molecule has 23 heavy (non-hydrogen) atoms. The molecule has 1 amide bonds. The first-order chi connectivity index (χ1) is 10.8. The van der Waals surface area contributed by atoms with Crippen molar-refractivity contribution in [3.8, 4) is 0 Å². The Morgan fingerprint density at radius 2 is 1.52 bits per heavy atom. The summed E-state index contributed by atoms with van der Waals surface area (Å²) < 4.78 is 0. The van der Waals surface area contributed by atoms with Gasteiger partial charge in [0, 0.05) is 5.69 Å². The summed E-state index contributed by atoms with van der Waals surface area (Å²) in [5.41, 5.74) is 7.06. The maximum Gasteiger partial charge on any atom is 0.238 e. The van der Waals surface area contributed by atoms with E-state index in [1.807, 2.05) is 0 Å². The maximum absolute atomic E-state index is 12.5. The van der Waals surface area contributed by atoms with Crippen molar-refractivity contribution in [1.29, 1.82) is 0 Å². The summed E-state index contributed by atoms with van der Waals surface area (Å²) in [6.45, 7) is 2.73. The number of nitrogens with zero attached hydrogens (tertiary/aromatic N) is 1. The predicted molar refractivity (Wildman–Crippen MR) is 96.7 cm³/mol. The molecule has 1 N–H and O–H groups in total. The van der Waals surface area contributed by atoms with Gasteiger partial charge in [-0.1, -0.05) is 12.5 Å². The summed E-state index contributed by atoms with van der Waals surface area (Å²) in [5.74, 6) is 0.191. The van der Waals surface area contributed by atoms with E-state index in [1.165, 1.54) is 72.9 Å². The largest absolute Gasteiger partial charge is 0.324 e. The lowest BCUT2D eigenvalue weighted by molar-refractivity contribution is -0.117. The predicted octanol–water partition coefficient (Wildman–Crippen LogP) is 3.51. The molecule has 0 spiro atoms. The molecule has 4 rings (SSSR count). The topological polar surface area (TPSA) is 32.3 Å². The quantitative estimate of drug-likeness (QED) is 0.917. The number of fused-ring (bicyclic) bond motifs is 2. The summed E-state index contributed by atoms with van der Waals surface area (Å²) in [7, 11) is 0. The van der Waals surface area contributed by atoms with E-state index in [9.17, 15) is 4.79 Å². The fraction of sp³-hybridized carbons (Fsp3) is 0.632. The second-order valence-corrected chi connectivity index (χ2v) is 7.12. The zero-order chi connectivity index (χ0) is 14.9. The van der Waals surface area contributed by atoms with Crippen LogP contribution in [0.25, 0.3) is 0 Å². The SMILES string of the molecule is Cl.O=C(CN1CCCCC1)Nc1c2c(cc3c1CCC3)CCC2. The molecule has 1 saturated heterocycles. The summed E-state index contributed by atoms with van der Waals surface area (Å²) in [4.78, 5) is 14.8. The Bertz CT molecular complexity index is 561. The molecule has 126 valence electrons. The van der Waals surface area contributed by atoms with Gasteiger partial charge in [-0.2, -0.15) is 0 Å². The molecule has 1 aromatic rings. The van der Waals surface area contributed by atoms with E-state index in [1.54, 1.807) is 0 Å². The molecule has 4 heteroatoms. The van der Waals surface area contributed by atoms with E-state index in [4.69, 9.17) is 0 Å². The number of benzene rings is 1. The van der Waals surface area contributed by atoms with Crippen LogP contribution in [0.15, 0.2) is 6.07 Å². The molecule has 1 aromatic carbocycles. The van der Waals surface area contributed by atoms with Gasteiger partial charge in [-0.25, -0.2) is 0 Å². The highest BCUT2D eigenvalue weighted by Crippen LogP contribution is 2.38. The van der Waals surface area contributed by atoms with Gasteiger partial charge in [0.2, 0.25) is 5.91 Å². The number of aryl methyl sites for hydroxylation is 2. The number of amides is 1. The third-order valence-electron chi connectivity index (χ3n) is 5.55. The van der Waals surface area contributed by atoms with Gasteiger partial charge < -0.3 is 5.32 Å². The Hall–Kier alpha value is -1.06. The molecule has 3 aliphatic rings. The van der Waals surface area contributed by atoms with Crippen LogP contribution in [0, 0.1) is 0 Å². The summed E-state index contributed by atoms with van der Waals surface area (Å²) >= 11 is 0. The molecule has 0 saturated carbocycles. The van der Waals surface area contributed by atoms with E-state index in [2.05, 4.69) is 16.3 Å². The van der Waals surface area contributed by atoms with Crippen molar-refractivity contribution >= 4 is 24.0 Å². The van der Waals surface area contributed by atoms with Gasteiger partial charge in [0.1, 0.15) is 0 Å². The Balaban J connectivity index is 0.00000156. The van der Waals surface area contributed by atoms with Crippen LogP contribution in [0.4, 0.5) is 5.69 Å². The Kier molecular flexibility index (Phi) is 5.27. The number of halogens is 1. The minimum Gasteiger partial charge on any atom is -0.324 e. The van der Waals surface area contributed by atoms with Crippen molar-refractivity contribution in [2.75, 3.05) is 25.0 Å². The third kappa shape index (κ3) is 3.41. The van der Waals surface area contributed by atoms with Crippen molar-refractivity contribution in [1.82, 2.24) is 4.90 Å². The first-order valence-electron chi connectivity index (χ1n) is 9.00. The van der Waals surface area contributed by atoms with Crippen molar-refractivity contribution in [2.24, 2.45) is 0 Å². The second-order valence-electron chi connectivity index (χ2n) is 7.12. The maximum atomic E-state index is 12.5. The second kappa shape index (κ2) is 7.23. The average molecular weight is 335 g/mol.